The molecule has 0 amide bonds. The molecule has 2 N–H and O–H groups in total. The lowest BCUT2D eigenvalue weighted by Crippen LogP contribution is -2.27. The number of hydrogen-bond donors (Lipinski definition) is 2. The van der Waals surface area contributed by atoms with Crippen LogP contribution in [-0.2, 0) is 0 Å². The average Bonchev–Trinajstić information content (AvgIpc) is 2.93. The molecule has 3 aliphatic heterocycles. The fraction of sp³-hybridized carbons (Fsp3) is 0.333. The van der Waals surface area contributed by atoms with E-state index in [1.54, 1.807) is 0 Å². The van der Waals surface area contributed by atoms with Crippen LogP contribution in [0.1, 0.15) is 30.3 Å². The van der Waals surface area contributed by atoms with Crippen LogP contribution in [0.15, 0.2) is 34.8 Å². The van der Waals surface area contributed by atoms with Crippen molar-refractivity contribution >= 4 is 28.3 Å². The molecule has 3 heterocycles. The lowest BCUT2D eigenvalue weighted by molar-refractivity contribution is 0.452. The zero-order valence-corrected chi connectivity index (χ0v) is 15.9. The molecule has 0 atom stereocenters. The number of nitrogens with one attached hydrogen (secondary N) is 2. The summed E-state index contributed by atoms with van der Waals surface area (Å²) in [5.74, 6) is 1.43. The topological polar surface area (TPSA) is 53.6 Å². The van der Waals surface area contributed by atoms with E-state index in [1.165, 1.54) is 0 Å². The minimum absolute atomic E-state index is 0. The van der Waals surface area contributed by atoms with Gasteiger partial charge >= 0.3 is 0 Å². The molecule has 24 heavy (non-hydrogen) atoms. The Morgan fingerprint density at radius 3 is 2.46 bits per heavy atom. The number of aromatic amines is 1. The summed E-state index contributed by atoms with van der Waals surface area (Å²) >= 11 is 3.75. The third-order valence-electron chi connectivity index (χ3n) is 4.50. The summed E-state index contributed by atoms with van der Waals surface area (Å²) in [6.07, 6.45) is 2.24. The first kappa shape index (κ1) is 17.4. The van der Waals surface area contributed by atoms with Gasteiger partial charge in [0.15, 0.2) is 0 Å². The Hall–Kier alpha value is -1.43. The van der Waals surface area contributed by atoms with Crippen LogP contribution in [0.25, 0.3) is 22.6 Å². The maximum absolute atomic E-state index is 4.94. The van der Waals surface area contributed by atoms with E-state index in [4.69, 9.17) is 9.97 Å². The molecule has 4 nitrogen and oxygen atoms in total. The van der Waals surface area contributed by atoms with Crippen LogP contribution in [0.2, 0.25) is 0 Å². The molecule has 0 aliphatic carbocycles. The van der Waals surface area contributed by atoms with E-state index in [0.717, 1.165) is 64.6 Å². The molecule has 0 unspecified atom stereocenters. The van der Waals surface area contributed by atoms with Gasteiger partial charge in [-0.3, -0.25) is 0 Å². The highest BCUT2D eigenvalue weighted by atomic mass is 79.9. The van der Waals surface area contributed by atoms with E-state index in [-0.39, 0.29) is 12.4 Å². The largest absolute Gasteiger partial charge is 0.341 e. The second-order valence-electron chi connectivity index (χ2n) is 6.10. The summed E-state index contributed by atoms with van der Waals surface area (Å²) in [7, 11) is 0. The molecule has 3 aliphatic rings. The van der Waals surface area contributed by atoms with Crippen molar-refractivity contribution < 1.29 is 0 Å². The van der Waals surface area contributed by atoms with Gasteiger partial charge in [-0.15, -0.1) is 12.4 Å². The number of aryl methyl sites for hydroxylation is 1. The predicted molar refractivity (Wildman–Crippen MR) is 103 cm³/mol. The van der Waals surface area contributed by atoms with Crippen molar-refractivity contribution in [2.75, 3.05) is 13.1 Å². The van der Waals surface area contributed by atoms with E-state index < -0.39 is 0 Å². The molecule has 1 aromatic rings. The Labute approximate surface area is 156 Å². The van der Waals surface area contributed by atoms with Crippen LogP contribution in [0.3, 0.4) is 0 Å². The molecule has 0 radical (unpaired) electrons. The standard InChI is InChI=1S/C18H19BrN4.ClH/c1-11-21-16(13-7-9-20-10-8-13)18-17(22-11)14(19)15(23-18)12-5-3-2-4-6-12;/h2-6,13,20H,7-10H2,1H3,(H,21,22);1H. The monoisotopic (exact) mass is 406 g/mol. The Morgan fingerprint density at radius 1 is 1.04 bits per heavy atom. The van der Waals surface area contributed by atoms with Crippen LogP contribution in [-0.4, -0.2) is 28.0 Å². The van der Waals surface area contributed by atoms with Gasteiger partial charge in [0.2, 0.25) is 0 Å². The molecular formula is C18H20BrClN4. The van der Waals surface area contributed by atoms with Crippen molar-refractivity contribution in [3.8, 4) is 22.6 Å². The smallest absolute Gasteiger partial charge is 0.110 e. The fourth-order valence-corrected chi connectivity index (χ4v) is 3.95. The fourth-order valence-electron chi connectivity index (χ4n) is 3.35. The normalized spacial score (nSPS) is 15.4. The third-order valence-corrected chi connectivity index (χ3v) is 5.27. The van der Waals surface area contributed by atoms with Crippen LogP contribution in [0, 0.1) is 6.92 Å². The quantitative estimate of drug-likeness (QED) is 0.656. The van der Waals surface area contributed by atoms with Gasteiger partial charge in [0.05, 0.1) is 21.6 Å². The average molecular weight is 408 g/mol. The summed E-state index contributed by atoms with van der Waals surface area (Å²) in [5, 5.41) is 3.42. The molecule has 1 saturated heterocycles. The second-order valence-corrected chi connectivity index (χ2v) is 6.89. The molecule has 0 aromatic heterocycles. The molecule has 0 saturated carbocycles. The Morgan fingerprint density at radius 2 is 1.75 bits per heavy atom. The van der Waals surface area contributed by atoms with Crippen molar-refractivity contribution in [1.82, 2.24) is 20.3 Å². The highest BCUT2D eigenvalue weighted by Gasteiger charge is 2.27. The van der Waals surface area contributed by atoms with Gasteiger partial charge < -0.3 is 10.3 Å². The molecular weight excluding hydrogens is 388 g/mol. The van der Waals surface area contributed by atoms with Gasteiger partial charge in [0.25, 0.3) is 0 Å². The number of halogens is 2. The van der Waals surface area contributed by atoms with E-state index in [0.29, 0.717) is 5.92 Å². The predicted octanol–water partition coefficient (Wildman–Crippen LogP) is 4.54. The summed E-state index contributed by atoms with van der Waals surface area (Å²) in [5.41, 5.74) is 5.32. The van der Waals surface area contributed by atoms with Gasteiger partial charge in [0, 0.05) is 11.5 Å². The molecule has 1 fully saturated rings. The van der Waals surface area contributed by atoms with E-state index in [9.17, 15) is 0 Å². The highest BCUT2D eigenvalue weighted by molar-refractivity contribution is 9.10. The first-order valence-electron chi connectivity index (χ1n) is 8.06. The Kier molecular flexibility index (Phi) is 5.23. The van der Waals surface area contributed by atoms with Gasteiger partial charge in [-0.25, -0.2) is 9.97 Å². The first-order valence-corrected chi connectivity index (χ1v) is 8.85. The minimum Gasteiger partial charge on any atom is -0.341 e. The van der Waals surface area contributed by atoms with E-state index in [1.807, 2.05) is 25.1 Å². The van der Waals surface area contributed by atoms with Gasteiger partial charge in [-0.1, -0.05) is 30.3 Å². The number of aromatic nitrogens is 3. The van der Waals surface area contributed by atoms with Crippen LogP contribution >= 0.6 is 28.3 Å². The maximum atomic E-state index is 4.94. The Balaban J connectivity index is 0.00000169. The van der Waals surface area contributed by atoms with Crippen molar-refractivity contribution in [1.29, 1.82) is 0 Å². The van der Waals surface area contributed by atoms with Gasteiger partial charge in [0.1, 0.15) is 11.5 Å². The number of piperidine rings is 1. The maximum Gasteiger partial charge on any atom is 0.110 e. The van der Waals surface area contributed by atoms with Crippen molar-refractivity contribution in [2.24, 2.45) is 0 Å². The summed E-state index contributed by atoms with van der Waals surface area (Å²) in [4.78, 5) is 13.1. The molecule has 6 heteroatoms. The van der Waals surface area contributed by atoms with Crippen molar-refractivity contribution in [2.45, 2.75) is 25.7 Å². The van der Waals surface area contributed by atoms with E-state index in [2.05, 4.69) is 38.4 Å². The Bertz CT molecular complexity index is 796. The molecule has 126 valence electrons. The highest BCUT2D eigenvalue weighted by Crippen LogP contribution is 2.41. The second kappa shape index (κ2) is 7.21. The number of hydrogen-bond acceptors (Lipinski definition) is 3. The van der Waals surface area contributed by atoms with Gasteiger partial charge in [-0.05, 0) is 48.8 Å². The van der Waals surface area contributed by atoms with Crippen LogP contribution in [0.5, 0.6) is 0 Å². The third kappa shape index (κ3) is 3.08. The van der Waals surface area contributed by atoms with Gasteiger partial charge in [-0.2, -0.15) is 0 Å². The molecule has 1 aromatic carbocycles. The lowest BCUT2D eigenvalue weighted by atomic mass is 9.92. The van der Waals surface area contributed by atoms with Crippen molar-refractivity contribution in [3.05, 3.63) is 46.3 Å². The SMILES string of the molecule is Cc1nc(C2CCNCC2)c2nc(-c3ccccc3)c(Br)c-2[nH]1.Cl. The number of H-pyrrole nitrogens is 1. The van der Waals surface area contributed by atoms with Crippen LogP contribution in [0.4, 0.5) is 0 Å². The molecule has 4 rings (SSSR count). The molecule has 0 bridgehead atoms. The number of fused-ring (bicyclic) bond motifs is 1. The number of benzene rings is 1. The van der Waals surface area contributed by atoms with Crippen LogP contribution < -0.4 is 5.32 Å². The van der Waals surface area contributed by atoms with Crippen molar-refractivity contribution in [3.63, 3.8) is 0 Å². The zero-order chi connectivity index (χ0) is 15.8. The minimum atomic E-state index is 0. The first-order chi connectivity index (χ1) is 11.2. The lowest BCUT2D eigenvalue weighted by Gasteiger charge is -2.23. The van der Waals surface area contributed by atoms with E-state index >= 15 is 0 Å². The number of rotatable bonds is 2. The molecule has 0 spiro atoms. The number of nitrogens with zero attached hydrogens (tertiary/aromatic N) is 2. The zero-order valence-electron chi connectivity index (χ0n) is 13.5. The summed E-state index contributed by atoms with van der Waals surface area (Å²) in [6, 6.07) is 10.3. The summed E-state index contributed by atoms with van der Waals surface area (Å²) in [6.45, 7) is 4.13. The summed E-state index contributed by atoms with van der Waals surface area (Å²) < 4.78 is 1.03.